The second-order valence-corrected chi connectivity index (χ2v) is 25.7. The molecule has 2 aliphatic heterocycles. The predicted molar refractivity (Wildman–Crippen MR) is 393 cm³/mol. The molecule has 1 aliphatic carbocycles. The Morgan fingerprint density at radius 3 is 1.46 bits per heavy atom. The molecule has 3 nitrogen and oxygen atoms in total. The Morgan fingerprint density at radius 1 is 0.355 bits per heavy atom. The molecule has 93 heavy (non-hydrogen) atoms. The van der Waals surface area contributed by atoms with E-state index in [-0.39, 0.29) is 46.0 Å². The van der Waals surface area contributed by atoms with E-state index < -0.39 is 41.7 Å². The van der Waals surface area contributed by atoms with Crippen molar-refractivity contribution in [3.05, 3.63) is 361 Å². The molecule has 0 atom stereocenters. The van der Waals surface area contributed by atoms with Crippen molar-refractivity contribution in [2.45, 2.75) is 31.6 Å². The van der Waals surface area contributed by atoms with Crippen molar-refractivity contribution in [3.8, 4) is 61.3 Å². The van der Waals surface area contributed by atoms with Crippen LogP contribution in [-0.4, -0.2) is 11.3 Å². The number of rotatable bonds is 9. The maximum Gasteiger partial charge on any atom is 0.252 e. The summed E-state index contributed by atoms with van der Waals surface area (Å²) in [4.78, 5) is 4.93. The van der Waals surface area contributed by atoms with Crippen molar-refractivity contribution < 1.29 is 11.0 Å². The molecule has 0 spiro atoms. The molecule has 0 fully saturated rings. The fourth-order valence-corrected chi connectivity index (χ4v) is 15.7. The molecule has 0 amide bonds. The average molecular weight is 1190 g/mol. The highest BCUT2D eigenvalue weighted by atomic mass is 15.2. The quantitative estimate of drug-likeness (QED) is 0.133. The first-order valence-corrected chi connectivity index (χ1v) is 32.0. The van der Waals surface area contributed by atoms with Crippen LogP contribution in [0.2, 0.25) is 0 Å². The lowest BCUT2D eigenvalue weighted by Gasteiger charge is -2.46. The molecule has 3 heterocycles. The summed E-state index contributed by atoms with van der Waals surface area (Å²) in [5.74, 6) is 0. The molecule has 18 rings (SSSR count). The first kappa shape index (κ1) is 46.6. The van der Waals surface area contributed by atoms with Crippen molar-refractivity contribution in [2.75, 3.05) is 9.80 Å². The van der Waals surface area contributed by atoms with Crippen LogP contribution in [-0.2, 0) is 10.8 Å². The van der Waals surface area contributed by atoms with Gasteiger partial charge in [-0.3, -0.25) is 0 Å². The average Bonchev–Trinajstić information content (AvgIpc) is 1.64. The van der Waals surface area contributed by atoms with Gasteiger partial charge in [-0.1, -0.05) is 306 Å². The summed E-state index contributed by atoms with van der Waals surface area (Å²) in [5.41, 5.74) is 24.7. The van der Waals surface area contributed by atoms with Crippen LogP contribution in [0.1, 0.15) is 59.6 Å². The van der Waals surface area contributed by atoms with Gasteiger partial charge in [-0.2, -0.15) is 0 Å². The van der Waals surface area contributed by atoms with E-state index in [0.29, 0.717) is 5.69 Å². The molecule has 0 radical (unpaired) electrons. The number of para-hydroxylation sites is 4. The molecule has 3 aliphatic rings. The number of benzene rings is 14. The summed E-state index contributed by atoms with van der Waals surface area (Å²) in [6.07, 6.45) is 0. The Balaban J connectivity index is 0.996. The third-order valence-electron chi connectivity index (χ3n) is 19.7. The van der Waals surface area contributed by atoms with E-state index in [4.69, 9.17) is 5.48 Å². The van der Waals surface area contributed by atoms with Crippen molar-refractivity contribution in [3.63, 3.8) is 0 Å². The van der Waals surface area contributed by atoms with Crippen LogP contribution in [0.25, 0.3) is 83.1 Å². The van der Waals surface area contributed by atoms with Gasteiger partial charge in [0, 0.05) is 55.9 Å². The lowest BCUT2D eigenvalue weighted by Crippen LogP contribution is -2.61. The topological polar surface area (TPSA) is 11.4 Å². The number of anilines is 6. The maximum atomic E-state index is 9.71. The van der Waals surface area contributed by atoms with Gasteiger partial charge in [0.1, 0.15) is 0 Å². The van der Waals surface area contributed by atoms with E-state index in [9.17, 15) is 5.48 Å². The van der Waals surface area contributed by atoms with Crippen LogP contribution in [0.5, 0.6) is 0 Å². The van der Waals surface area contributed by atoms with Crippen LogP contribution < -0.4 is 26.2 Å². The minimum Gasteiger partial charge on any atom is -0.311 e. The normalized spacial score (nSPS) is 14.5. The predicted octanol–water partition coefficient (Wildman–Crippen LogP) is 21.2. The summed E-state index contributed by atoms with van der Waals surface area (Å²) < 4.78 is 76.3. The fourth-order valence-electron chi connectivity index (χ4n) is 15.7. The largest absolute Gasteiger partial charge is 0.311 e. The summed E-state index contributed by atoms with van der Waals surface area (Å²) in [6, 6.07) is 99.3. The summed E-state index contributed by atoms with van der Waals surface area (Å²) >= 11 is 0. The molecule has 438 valence electrons. The minimum absolute atomic E-state index is 0.0195. The van der Waals surface area contributed by atoms with Gasteiger partial charge in [-0.25, -0.2) is 0 Å². The summed E-state index contributed by atoms with van der Waals surface area (Å²) in [6.45, 7) is 6.33. The third-order valence-corrected chi connectivity index (χ3v) is 19.7. The summed E-state index contributed by atoms with van der Waals surface area (Å²) in [5, 5.41) is 0.0391. The van der Waals surface area contributed by atoms with Crippen molar-refractivity contribution in [2.24, 2.45) is 0 Å². The third kappa shape index (κ3) is 8.31. The monoisotopic (exact) mass is 1190 g/mol. The molecular formula is C89H64BN3. The molecule has 15 aromatic rings. The van der Waals surface area contributed by atoms with Crippen LogP contribution in [0, 0.1) is 0 Å². The zero-order valence-corrected chi connectivity index (χ0v) is 51.6. The minimum atomic E-state index is -0.650. The Kier molecular flexibility index (Phi) is 10.7. The van der Waals surface area contributed by atoms with Crippen LogP contribution >= 0.6 is 0 Å². The molecule has 14 aromatic carbocycles. The zero-order chi connectivity index (χ0) is 68.9. The fraction of sp³-hybridized carbons (Fsp3) is 0.0562. The van der Waals surface area contributed by atoms with Crippen LogP contribution in [0.3, 0.4) is 0 Å². The highest BCUT2D eigenvalue weighted by molar-refractivity contribution is 7.00. The zero-order valence-electron chi connectivity index (χ0n) is 59.6. The number of nitrogens with zero attached hydrogens (tertiary/aromatic N) is 3. The maximum absolute atomic E-state index is 9.71. The van der Waals surface area contributed by atoms with E-state index in [1.165, 1.54) is 33.4 Å². The van der Waals surface area contributed by atoms with Gasteiger partial charge in [-0.15, -0.1) is 0 Å². The number of aromatic nitrogens is 1. The molecule has 4 heteroatoms. The lowest BCUT2D eigenvalue weighted by molar-refractivity contribution is 0.590. The van der Waals surface area contributed by atoms with Gasteiger partial charge < -0.3 is 14.4 Å². The van der Waals surface area contributed by atoms with Crippen molar-refractivity contribution in [1.82, 2.24) is 4.57 Å². The molecule has 0 N–H and O–H groups in total. The standard InChI is InChI=1S/C89H64BN3/c1-88(2,3)65-56-83-86-84(57-65)93(87-69(60-31-11-5-12-32-60)44-27-45-70(87)61-33-13-6-14-34-61)81-54-51-62(68-43-28-47-75-85(68)73-42-19-23-46-74(73)89(75,63-35-15-7-16-36-63)64-37-17-8-18-38-64)55-77(81)90(86)76-53-52-66(91-79-49-25-21-40-71(79)72-41-22-26-50-80(72)91)58-82(76)92(83)78-48-24-20-39-67(78)59-29-9-4-10-30-59/h4-58H,1-3H3/i21D,22D,25D,26D,40D,41D,49D,50D. The molecule has 0 bridgehead atoms. The molecule has 0 saturated carbocycles. The van der Waals surface area contributed by atoms with Crippen LogP contribution in [0.15, 0.2) is 333 Å². The Labute approximate surface area is 555 Å². The Morgan fingerprint density at radius 2 is 0.849 bits per heavy atom. The number of fused-ring (bicyclic) bond motifs is 10. The highest BCUT2D eigenvalue weighted by Gasteiger charge is 2.49. The second-order valence-electron chi connectivity index (χ2n) is 25.7. The molecular weight excluding hydrogens is 1120 g/mol. The van der Waals surface area contributed by atoms with Gasteiger partial charge in [0.25, 0.3) is 6.71 Å². The lowest BCUT2D eigenvalue weighted by atomic mass is 9.33. The highest BCUT2D eigenvalue weighted by Crippen LogP contribution is 2.59. The smallest absolute Gasteiger partial charge is 0.252 e. The second kappa shape index (κ2) is 21.3. The van der Waals surface area contributed by atoms with Gasteiger partial charge in [0.15, 0.2) is 0 Å². The van der Waals surface area contributed by atoms with Gasteiger partial charge >= 0.3 is 0 Å². The number of hydrogen-bond donors (Lipinski definition) is 0. The molecule has 0 saturated heterocycles. The first-order chi connectivity index (χ1) is 49.1. The number of hydrogen-bond acceptors (Lipinski definition) is 2. The molecule has 1 aromatic heterocycles. The molecule has 0 unspecified atom stereocenters. The van der Waals surface area contributed by atoms with E-state index in [0.717, 1.165) is 101 Å². The van der Waals surface area contributed by atoms with Crippen molar-refractivity contribution >= 4 is 79.0 Å². The summed E-state index contributed by atoms with van der Waals surface area (Å²) in [7, 11) is 0. The SMILES string of the molecule is [2H]c1c([2H])c([2H])c2c(c1[2H])c1c([2H])c([2H])c([2H])c([2H])c1n2-c1ccc2c(c1)N(c1ccccc1-c1ccccc1)c1cc(C(C)(C)C)cc3c1B2c1cc(-c2cccc4c2-c2ccccc2C4(c2ccccc2)c2ccccc2)ccc1N3c1c(-c2ccccc2)cccc1-c1ccccc1. The van der Waals surface area contributed by atoms with E-state index in [1.54, 1.807) is 4.57 Å². The van der Waals surface area contributed by atoms with E-state index in [2.05, 4.69) is 304 Å². The Hall–Kier alpha value is -11.5. The van der Waals surface area contributed by atoms with Gasteiger partial charge in [0.05, 0.1) is 38.8 Å². The Bertz CT molecular complexity index is 5760. The van der Waals surface area contributed by atoms with Crippen LogP contribution in [0.4, 0.5) is 34.1 Å². The first-order valence-electron chi connectivity index (χ1n) is 36.0. The van der Waals surface area contributed by atoms with Gasteiger partial charge in [0.2, 0.25) is 0 Å². The van der Waals surface area contributed by atoms with Gasteiger partial charge in [-0.05, 0) is 137 Å². The van der Waals surface area contributed by atoms with E-state index >= 15 is 0 Å². The van der Waals surface area contributed by atoms with Crippen molar-refractivity contribution in [1.29, 1.82) is 0 Å². The van der Waals surface area contributed by atoms with E-state index in [1.807, 2.05) is 12.1 Å².